The maximum absolute atomic E-state index is 5.77. The highest BCUT2D eigenvalue weighted by atomic mass is 16.5. The van der Waals surface area contributed by atoms with Gasteiger partial charge in [-0.15, -0.1) is 0 Å². The van der Waals surface area contributed by atoms with Crippen molar-refractivity contribution in [3.63, 3.8) is 0 Å². The first-order chi connectivity index (χ1) is 11.2. The van der Waals surface area contributed by atoms with Crippen LogP contribution in [0.3, 0.4) is 0 Å². The largest absolute Gasteiger partial charge is 0.496 e. The van der Waals surface area contributed by atoms with Gasteiger partial charge in [0.05, 0.1) is 33.8 Å². The molecule has 4 nitrogen and oxygen atoms in total. The molecule has 0 aliphatic heterocycles. The van der Waals surface area contributed by atoms with E-state index in [1.54, 1.807) is 28.4 Å². The molecule has 3 rings (SSSR count). The normalized spacial score (nSPS) is 10.8. The Labute approximate surface area is 135 Å². The van der Waals surface area contributed by atoms with Crippen LogP contribution < -0.4 is 18.9 Å². The van der Waals surface area contributed by atoms with Crippen LogP contribution in [0.25, 0.3) is 21.5 Å². The Morgan fingerprint density at radius 2 is 1.39 bits per heavy atom. The van der Waals surface area contributed by atoms with Crippen molar-refractivity contribution in [1.82, 2.24) is 0 Å². The van der Waals surface area contributed by atoms with E-state index < -0.39 is 0 Å². The van der Waals surface area contributed by atoms with E-state index in [1.807, 2.05) is 12.1 Å². The predicted octanol–water partition coefficient (Wildman–Crippen LogP) is 4.34. The van der Waals surface area contributed by atoms with Gasteiger partial charge in [0.25, 0.3) is 0 Å². The van der Waals surface area contributed by atoms with Gasteiger partial charge in [0.1, 0.15) is 11.5 Å². The Balaban J connectivity index is 2.62. The molecule has 3 aromatic carbocycles. The van der Waals surface area contributed by atoms with Gasteiger partial charge in [0, 0.05) is 16.8 Å². The van der Waals surface area contributed by atoms with Crippen LogP contribution in [0.15, 0.2) is 30.3 Å². The highest BCUT2D eigenvalue weighted by Gasteiger charge is 2.21. The smallest absolute Gasteiger partial charge is 0.172 e. The zero-order valence-electron chi connectivity index (χ0n) is 14.0. The fraction of sp³-hybridized carbons (Fsp3) is 0.263. The van der Waals surface area contributed by atoms with Crippen molar-refractivity contribution in [1.29, 1.82) is 0 Å². The summed E-state index contributed by atoms with van der Waals surface area (Å²) in [7, 11) is 6.56. The zero-order valence-corrected chi connectivity index (χ0v) is 14.0. The fourth-order valence-electron chi connectivity index (χ4n) is 3.13. The second-order valence-corrected chi connectivity index (χ2v) is 5.32. The summed E-state index contributed by atoms with van der Waals surface area (Å²) in [4.78, 5) is 0. The van der Waals surface area contributed by atoms with Crippen LogP contribution in [0.5, 0.6) is 23.0 Å². The number of ether oxygens (including phenoxy) is 4. The molecule has 0 heterocycles. The van der Waals surface area contributed by atoms with Crippen LogP contribution in [-0.2, 0) is 0 Å². The second kappa shape index (κ2) is 5.88. The van der Waals surface area contributed by atoms with E-state index in [2.05, 4.69) is 25.1 Å². The lowest BCUT2D eigenvalue weighted by atomic mass is 9.97. The SMILES string of the molecule is COc1cc(OC)c2cc3cccc(C)c3c(OC)c2c1OC. The lowest BCUT2D eigenvalue weighted by Crippen LogP contribution is -1.98. The third-order valence-electron chi connectivity index (χ3n) is 4.15. The Hall–Kier alpha value is -2.62. The molecule has 0 bridgehead atoms. The molecule has 0 aromatic heterocycles. The van der Waals surface area contributed by atoms with Gasteiger partial charge < -0.3 is 18.9 Å². The average molecular weight is 312 g/mol. The molecular formula is C19H20O4. The number of hydrogen-bond acceptors (Lipinski definition) is 4. The summed E-state index contributed by atoms with van der Waals surface area (Å²) in [6.07, 6.45) is 0. The topological polar surface area (TPSA) is 36.9 Å². The maximum atomic E-state index is 5.77. The second-order valence-electron chi connectivity index (χ2n) is 5.32. The van der Waals surface area contributed by atoms with E-state index in [-0.39, 0.29) is 0 Å². The molecule has 0 saturated carbocycles. The minimum Gasteiger partial charge on any atom is -0.496 e. The summed E-state index contributed by atoms with van der Waals surface area (Å²) in [5.74, 6) is 2.75. The van der Waals surface area contributed by atoms with Gasteiger partial charge in [-0.05, 0) is 23.9 Å². The molecule has 0 atom stereocenters. The number of rotatable bonds is 4. The number of hydrogen-bond donors (Lipinski definition) is 0. The van der Waals surface area contributed by atoms with Crippen LogP contribution >= 0.6 is 0 Å². The van der Waals surface area contributed by atoms with E-state index in [0.29, 0.717) is 11.5 Å². The maximum Gasteiger partial charge on any atom is 0.172 e. The predicted molar refractivity (Wildman–Crippen MR) is 92.4 cm³/mol. The van der Waals surface area contributed by atoms with Gasteiger partial charge in [-0.1, -0.05) is 18.2 Å². The van der Waals surface area contributed by atoms with Crippen LogP contribution in [0, 0.1) is 6.92 Å². The van der Waals surface area contributed by atoms with Crippen molar-refractivity contribution in [3.05, 3.63) is 35.9 Å². The van der Waals surface area contributed by atoms with Gasteiger partial charge >= 0.3 is 0 Å². The highest BCUT2D eigenvalue weighted by Crippen LogP contribution is 2.48. The van der Waals surface area contributed by atoms with Crippen molar-refractivity contribution >= 4 is 21.5 Å². The molecule has 0 N–H and O–H groups in total. The van der Waals surface area contributed by atoms with Gasteiger partial charge in [-0.3, -0.25) is 0 Å². The summed E-state index contributed by atoms with van der Waals surface area (Å²) in [6.45, 7) is 2.07. The molecule has 120 valence electrons. The van der Waals surface area contributed by atoms with Crippen LogP contribution in [0.4, 0.5) is 0 Å². The highest BCUT2D eigenvalue weighted by molar-refractivity contribution is 6.11. The van der Waals surface area contributed by atoms with Crippen molar-refractivity contribution in [3.8, 4) is 23.0 Å². The summed E-state index contributed by atoms with van der Waals surface area (Å²) >= 11 is 0. The molecule has 0 radical (unpaired) electrons. The minimum atomic E-state index is 0.614. The first-order valence-electron chi connectivity index (χ1n) is 7.35. The number of aryl methyl sites for hydroxylation is 1. The molecule has 0 saturated heterocycles. The van der Waals surface area contributed by atoms with Crippen LogP contribution in [0.1, 0.15) is 5.56 Å². The third kappa shape index (κ3) is 2.22. The molecule has 0 spiro atoms. The molecular weight excluding hydrogens is 292 g/mol. The molecule has 0 aliphatic carbocycles. The molecule has 4 heteroatoms. The average Bonchev–Trinajstić information content (AvgIpc) is 2.58. The van der Waals surface area contributed by atoms with Crippen LogP contribution in [-0.4, -0.2) is 28.4 Å². The standard InChI is InChI=1S/C19H20O4/c1-11-7-6-8-12-9-13-14(20-2)10-15(21-3)18(22-4)17(13)19(23-5)16(11)12/h6-10H,1-5H3. The van der Waals surface area contributed by atoms with Gasteiger partial charge in [0.2, 0.25) is 0 Å². The van der Waals surface area contributed by atoms with Crippen molar-refractivity contribution in [2.45, 2.75) is 6.92 Å². The Bertz CT molecular complexity index is 884. The zero-order chi connectivity index (χ0) is 16.6. The molecule has 3 aromatic rings. The summed E-state index contributed by atoms with van der Waals surface area (Å²) in [5.41, 5.74) is 1.14. The molecule has 0 fully saturated rings. The number of methoxy groups -OCH3 is 4. The van der Waals surface area contributed by atoms with E-state index in [9.17, 15) is 0 Å². The van der Waals surface area contributed by atoms with E-state index >= 15 is 0 Å². The fourth-order valence-corrected chi connectivity index (χ4v) is 3.13. The Kier molecular flexibility index (Phi) is 3.90. The Morgan fingerprint density at radius 3 is 2.00 bits per heavy atom. The number of benzene rings is 3. The molecule has 0 amide bonds. The van der Waals surface area contributed by atoms with Crippen molar-refractivity contribution in [2.75, 3.05) is 28.4 Å². The van der Waals surface area contributed by atoms with Crippen molar-refractivity contribution in [2.24, 2.45) is 0 Å². The van der Waals surface area contributed by atoms with Crippen LogP contribution in [0.2, 0.25) is 0 Å². The number of fused-ring (bicyclic) bond motifs is 2. The van der Waals surface area contributed by atoms with E-state index in [0.717, 1.165) is 38.6 Å². The van der Waals surface area contributed by atoms with Gasteiger partial charge in [-0.25, -0.2) is 0 Å². The van der Waals surface area contributed by atoms with Gasteiger partial charge in [0.15, 0.2) is 11.5 Å². The summed E-state index contributed by atoms with van der Waals surface area (Å²) in [6, 6.07) is 10.1. The molecule has 23 heavy (non-hydrogen) atoms. The summed E-state index contributed by atoms with van der Waals surface area (Å²) in [5, 5.41) is 3.95. The lowest BCUT2D eigenvalue weighted by Gasteiger charge is -2.18. The first kappa shape index (κ1) is 15.3. The molecule has 0 aliphatic rings. The third-order valence-corrected chi connectivity index (χ3v) is 4.15. The van der Waals surface area contributed by atoms with Crippen molar-refractivity contribution < 1.29 is 18.9 Å². The minimum absolute atomic E-state index is 0.614. The quantitative estimate of drug-likeness (QED) is 0.672. The Morgan fingerprint density at radius 1 is 0.696 bits per heavy atom. The summed E-state index contributed by atoms with van der Waals surface area (Å²) < 4.78 is 22.4. The molecule has 0 unspecified atom stereocenters. The van der Waals surface area contributed by atoms with E-state index in [4.69, 9.17) is 18.9 Å². The first-order valence-corrected chi connectivity index (χ1v) is 7.35. The van der Waals surface area contributed by atoms with Gasteiger partial charge in [-0.2, -0.15) is 0 Å². The lowest BCUT2D eigenvalue weighted by molar-refractivity contribution is 0.351. The van der Waals surface area contributed by atoms with E-state index in [1.165, 1.54) is 0 Å². The monoisotopic (exact) mass is 312 g/mol.